The van der Waals surface area contributed by atoms with Crippen LogP contribution in [-0.2, 0) is 11.3 Å². The molecule has 0 saturated heterocycles. The summed E-state index contributed by atoms with van der Waals surface area (Å²) in [5.41, 5.74) is 1.22. The third-order valence-electron chi connectivity index (χ3n) is 4.16. The number of ether oxygens (including phenoxy) is 4. The standard InChI is InChI=1S/C21H20O5/c1-23-18-12-11-17(19(24-2)20(18)25-3)21(22)26-13-15-9-6-8-14-7-4-5-10-16(14)15/h4-12H,13H2,1-3H3. The minimum atomic E-state index is -0.490. The Balaban J connectivity index is 1.86. The summed E-state index contributed by atoms with van der Waals surface area (Å²) in [5.74, 6) is 0.634. The molecule has 0 aliphatic rings. The molecule has 5 nitrogen and oxygen atoms in total. The molecule has 0 atom stereocenters. The number of hydrogen-bond donors (Lipinski definition) is 0. The highest BCUT2D eigenvalue weighted by molar-refractivity contribution is 5.94. The van der Waals surface area contributed by atoms with Crippen molar-refractivity contribution < 1.29 is 23.7 Å². The fraction of sp³-hybridized carbons (Fsp3) is 0.190. The fourth-order valence-electron chi connectivity index (χ4n) is 2.90. The predicted molar refractivity (Wildman–Crippen MR) is 99.2 cm³/mol. The Hall–Kier alpha value is -3.21. The Labute approximate surface area is 152 Å². The molecule has 0 unspecified atom stereocenters. The predicted octanol–water partition coefficient (Wildman–Crippen LogP) is 4.22. The summed E-state index contributed by atoms with van der Waals surface area (Å²) in [6, 6.07) is 17.1. The first-order valence-corrected chi connectivity index (χ1v) is 8.12. The molecule has 0 aromatic heterocycles. The van der Waals surface area contributed by atoms with Crippen molar-refractivity contribution in [1.29, 1.82) is 0 Å². The van der Waals surface area contributed by atoms with Crippen LogP contribution in [0.5, 0.6) is 17.2 Å². The zero-order valence-electron chi connectivity index (χ0n) is 14.9. The highest BCUT2D eigenvalue weighted by Crippen LogP contribution is 2.40. The van der Waals surface area contributed by atoms with Crippen LogP contribution >= 0.6 is 0 Å². The number of hydrogen-bond acceptors (Lipinski definition) is 5. The Morgan fingerprint density at radius 2 is 1.54 bits per heavy atom. The van der Waals surface area contributed by atoms with Gasteiger partial charge in [-0.3, -0.25) is 0 Å². The molecule has 3 aromatic rings. The van der Waals surface area contributed by atoms with Crippen molar-refractivity contribution in [2.45, 2.75) is 6.61 Å². The average Bonchev–Trinajstić information content (AvgIpc) is 2.70. The van der Waals surface area contributed by atoms with Crippen LogP contribution in [0.4, 0.5) is 0 Å². The van der Waals surface area contributed by atoms with Crippen molar-refractivity contribution in [1.82, 2.24) is 0 Å². The van der Waals surface area contributed by atoms with Crippen LogP contribution in [0.3, 0.4) is 0 Å². The Morgan fingerprint density at radius 3 is 2.27 bits per heavy atom. The normalized spacial score (nSPS) is 10.4. The minimum absolute atomic E-state index is 0.164. The Bertz CT molecular complexity index is 928. The van der Waals surface area contributed by atoms with E-state index in [0.717, 1.165) is 16.3 Å². The van der Waals surface area contributed by atoms with Crippen molar-refractivity contribution in [3.05, 3.63) is 65.7 Å². The van der Waals surface area contributed by atoms with Gasteiger partial charge in [0.25, 0.3) is 0 Å². The Morgan fingerprint density at radius 1 is 0.808 bits per heavy atom. The molecule has 3 rings (SSSR count). The number of benzene rings is 3. The summed E-state index contributed by atoms with van der Waals surface area (Å²) >= 11 is 0. The van der Waals surface area contributed by atoms with Crippen molar-refractivity contribution in [3.63, 3.8) is 0 Å². The van der Waals surface area contributed by atoms with E-state index < -0.39 is 5.97 Å². The van der Waals surface area contributed by atoms with E-state index in [1.807, 2.05) is 42.5 Å². The minimum Gasteiger partial charge on any atom is -0.493 e. The molecular formula is C21H20O5. The quantitative estimate of drug-likeness (QED) is 0.622. The number of rotatable bonds is 6. The summed E-state index contributed by atoms with van der Waals surface area (Å²) < 4.78 is 21.4. The van der Waals surface area contributed by atoms with Gasteiger partial charge < -0.3 is 18.9 Å². The molecule has 0 fully saturated rings. The second-order valence-corrected chi connectivity index (χ2v) is 5.60. The largest absolute Gasteiger partial charge is 0.493 e. The lowest BCUT2D eigenvalue weighted by Crippen LogP contribution is -2.09. The van der Waals surface area contributed by atoms with Crippen LogP contribution in [0.2, 0.25) is 0 Å². The summed E-state index contributed by atoms with van der Waals surface area (Å²) in [4.78, 5) is 12.6. The first-order valence-electron chi connectivity index (χ1n) is 8.12. The maximum Gasteiger partial charge on any atom is 0.342 e. The van der Waals surface area contributed by atoms with Gasteiger partial charge in [-0.2, -0.15) is 0 Å². The van der Waals surface area contributed by atoms with Gasteiger partial charge in [0.05, 0.1) is 21.3 Å². The molecule has 0 radical (unpaired) electrons. The van der Waals surface area contributed by atoms with E-state index in [2.05, 4.69) is 0 Å². The molecule has 134 valence electrons. The van der Waals surface area contributed by atoms with E-state index >= 15 is 0 Å². The summed E-state index contributed by atoms with van der Waals surface area (Å²) in [6.07, 6.45) is 0. The van der Waals surface area contributed by atoms with E-state index in [4.69, 9.17) is 18.9 Å². The summed E-state index contributed by atoms with van der Waals surface area (Å²) in [7, 11) is 4.49. The summed E-state index contributed by atoms with van der Waals surface area (Å²) in [6.45, 7) is 0.164. The number of methoxy groups -OCH3 is 3. The molecule has 0 amide bonds. The Kier molecular flexibility index (Phi) is 5.27. The molecule has 0 spiro atoms. The second-order valence-electron chi connectivity index (χ2n) is 5.60. The zero-order chi connectivity index (χ0) is 18.5. The van der Waals surface area contributed by atoms with Crippen molar-refractivity contribution in [2.75, 3.05) is 21.3 Å². The summed E-state index contributed by atoms with van der Waals surface area (Å²) in [5, 5.41) is 2.16. The van der Waals surface area contributed by atoms with Crippen molar-refractivity contribution in [3.8, 4) is 17.2 Å². The molecule has 26 heavy (non-hydrogen) atoms. The molecule has 0 aliphatic carbocycles. The molecule has 0 N–H and O–H groups in total. The van der Waals surface area contributed by atoms with Gasteiger partial charge in [-0.15, -0.1) is 0 Å². The van der Waals surface area contributed by atoms with Gasteiger partial charge in [-0.25, -0.2) is 4.79 Å². The van der Waals surface area contributed by atoms with Gasteiger partial charge in [0.2, 0.25) is 5.75 Å². The van der Waals surface area contributed by atoms with Gasteiger partial charge >= 0.3 is 5.97 Å². The van der Waals surface area contributed by atoms with Gasteiger partial charge in [-0.05, 0) is 28.5 Å². The van der Waals surface area contributed by atoms with Crippen LogP contribution in [0.1, 0.15) is 15.9 Å². The molecule has 0 bridgehead atoms. The van der Waals surface area contributed by atoms with E-state index in [9.17, 15) is 4.79 Å². The first-order chi connectivity index (χ1) is 12.7. The maximum absolute atomic E-state index is 12.6. The number of carbonyl (C=O) groups excluding carboxylic acids is 1. The monoisotopic (exact) mass is 352 g/mol. The number of fused-ring (bicyclic) bond motifs is 1. The van der Waals surface area contributed by atoms with E-state index in [1.54, 1.807) is 12.1 Å². The zero-order valence-corrected chi connectivity index (χ0v) is 14.9. The lowest BCUT2D eigenvalue weighted by molar-refractivity contribution is 0.0470. The maximum atomic E-state index is 12.6. The van der Waals surface area contributed by atoms with E-state index in [-0.39, 0.29) is 17.9 Å². The highest BCUT2D eigenvalue weighted by atomic mass is 16.5. The third kappa shape index (κ3) is 3.28. The van der Waals surface area contributed by atoms with Crippen LogP contribution in [0, 0.1) is 0 Å². The molecule has 5 heteroatoms. The molecule has 0 aliphatic heterocycles. The fourth-order valence-corrected chi connectivity index (χ4v) is 2.90. The number of carbonyl (C=O) groups is 1. The van der Waals surface area contributed by atoms with Crippen molar-refractivity contribution >= 4 is 16.7 Å². The van der Waals surface area contributed by atoms with E-state index in [1.165, 1.54) is 21.3 Å². The smallest absolute Gasteiger partial charge is 0.342 e. The lowest BCUT2D eigenvalue weighted by atomic mass is 10.1. The molecule has 0 heterocycles. The lowest BCUT2D eigenvalue weighted by Gasteiger charge is -2.15. The van der Waals surface area contributed by atoms with Gasteiger partial charge in [0.15, 0.2) is 11.5 Å². The first kappa shape index (κ1) is 17.6. The topological polar surface area (TPSA) is 54.0 Å². The molecule has 0 saturated carbocycles. The molecule has 3 aromatic carbocycles. The van der Waals surface area contributed by atoms with Gasteiger partial charge in [-0.1, -0.05) is 42.5 Å². The van der Waals surface area contributed by atoms with Gasteiger partial charge in [0, 0.05) is 0 Å². The average molecular weight is 352 g/mol. The van der Waals surface area contributed by atoms with Crippen LogP contribution in [-0.4, -0.2) is 27.3 Å². The number of esters is 1. The third-order valence-corrected chi connectivity index (χ3v) is 4.16. The molecular weight excluding hydrogens is 332 g/mol. The van der Waals surface area contributed by atoms with E-state index in [0.29, 0.717) is 11.5 Å². The SMILES string of the molecule is COc1ccc(C(=O)OCc2cccc3ccccc23)c(OC)c1OC. The van der Waals surface area contributed by atoms with Gasteiger partial charge in [0.1, 0.15) is 12.2 Å². The van der Waals surface area contributed by atoms with Crippen LogP contribution in [0.15, 0.2) is 54.6 Å². The van der Waals surface area contributed by atoms with Crippen LogP contribution in [0.25, 0.3) is 10.8 Å². The highest BCUT2D eigenvalue weighted by Gasteiger charge is 2.21. The second kappa shape index (κ2) is 7.78. The van der Waals surface area contributed by atoms with Crippen molar-refractivity contribution in [2.24, 2.45) is 0 Å². The van der Waals surface area contributed by atoms with Crippen LogP contribution < -0.4 is 14.2 Å².